The lowest BCUT2D eigenvalue weighted by atomic mass is 9.33. The number of rotatable bonds is 5. The molecule has 0 spiro atoms. The highest BCUT2D eigenvalue weighted by Gasteiger charge is 2.43. The third-order valence-electron chi connectivity index (χ3n) is 9.24. The second-order valence-electron chi connectivity index (χ2n) is 11.9. The Kier molecular flexibility index (Phi) is 6.72. The maximum absolute atomic E-state index is 3.75. The van der Waals surface area contributed by atoms with E-state index in [0.29, 0.717) is 0 Å². The number of fused-ring (bicyclic) bond motifs is 4. The largest absolute Gasteiger partial charge is 0.311 e. The average Bonchev–Trinajstić information content (AvgIpc) is 3.13. The van der Waals surface area contributed by atoms with Gasteiger partial charge in [0, 0.05) is 50.0 Å². The van der Waals surface area contributed by atoms with E-state index in [1.165, 1.54) is 39.1 Å². The third-order valence-corrected chi connectivity index (χ3v) is 9.73. The van der Waals surface area contributed by atoms with Gasteiger partial charge in [-0.25, -0.2) is 0 Å². The Hall–Kier alpha value is -5.52. The summed E-state index contributed by atoms with van der Waals surface area (Å²) in [4.78, 5) is 7.27. The molecule has 9 rings (SSSR count). The predicted octanol–water partition coefficient (Wildman–Crippen LogP) is 10.0. The fourth-order valence-corrected chi connectivity index (χ4v) is 7.75. The number of para-hydroxylation sites is 5. The lowest BCUT2D eigenvalue weighted by molar-refractivity contribution is 1.22. The van der Waals surface area contributed by atoms with Gasteiger partial charge in [0.25, 0.3) is 6.71 Å². The molecule has 7 aromatic carbocycles. The summed E-state index contributed by atoms with van der Waals surface area (Å²) < 4.78 is 1.04. The summed E-state index contributed by atoms with van der Waals surface area (Å²) >= 11 is 3.75. The van der Waals surface area contributed by atoms with E-state index in [9.17, 15) is 0 Å². The first kappa shape index (κ1) is 27.8. The van der Waals surface area contributed by atoms with Gasteiger partial charge in [-0.2, -0.15) is 0 Å². The molecule has 2 aliphatic rings. The van der Waals surface area contributed by atoms with Gasteiger partial charge in [-0.3, -0.25) is 0 Å². The molecule has 47 heavy (non-hydrogen) atoms. The minimum atomic E-state index is 0.0809. The molecule has 0 atom stereocenters. The van der Waals surface area contributed by atoms with Crippen molar-refractivity contribution in [3.05, 3.63) is 180 Å². The van der Waals surface area contributed by atoms with E-state index in [1.807, 2.05) is 0 Å². The number of anilines is 9. The number of hydrogen-bond acceptors (Lipinski definition) is 3. The summed E-state index contributed by atoms with van der Waals surface area (Å²) in [7, 11) is 0. The minimum absolute atomic E-state index is 0.0809. The zero-order chi connectivity index (χ0) is 31.3. The molecule has 0 bridgehead atoms. The smallest absolute Gasteiger partial charge is 0.252 e. The second kappa shape index (κ2) is 11.4. The van der Waals surface area contributed by atoms with Crippen LogP contribution in [0.15, 0.2) is 180 Å². The van der Waals surface area contributed by atoms with Crippen LogP contribution in [0.25, 0.3) is 0 Å². The van der Waals surface area contributed by atoms with Crippen molar-refractivity contribution in [3.8, 4) is 0 Å². The summed E-state index contributed by atoms with van der Waals surface area (Å²) in [6.07, 6.45) is 0. The molecule has 0 saturated carbocycles. The summed E-state index contributed by atoms with van der Waals surface area (Å²) in [5.74, 6) is 0. The van der Waals surface area contributed by atoms with Crippen LogP contribution in [-0.2, 0) is 0 Å². The summed E-state index contributed by atoms with van der Waals surface area (Å²) in [5.41, 5.74) is 14.2. The summed E-state index contributed by atoms with van der Waals surface area (Å²) in [5, 5.41) is 0. The van der Waals surface area contributed by atoms with Crippen LogP contribution >= 0.6 is 15.9 Å². The van der Waals surface area contributed by atoms with Gasteiger partial charge in [0.1, 0.15) is 0 Å². The first-order chi connectivity index (χ1) is 23.3. The van der Waals surface area contributed by atoms with Crippen molar-refractivity contribution in [1.29, 1.82) is 0 Å². The van der Waals surface area contributed by atoms with E-state index < -0.39 is 0 Å². The molecule has 222 valence electrons. The number of benzene rings is 7. The van der Waals surface area contributed by atoms with Gasteiger partial charge in [-0.1, -0.05) is 113 Å². The van der Waals surface area contributed by atoms with Crippen LogP contribution in [0.2, 0.25) is 0 Å². The van der Waals surface area contributed by atoms with Gasteiger partial charge in [0.05, 0.1) is 5.69 Å². The molecule has 0 aliphatic carbocycles. The number of nitrogens with zero attached hydrogens (tertiary/aromatic N) is 3. The normalized spacial score (nSPS) is 12.7. The first-order valence-electron chi connectivity index (χ1n) is 15.9. The highest BCUT2D eigenvalue weighted by atomic mass is 79.9. The van der Waals surface area contributed by atoms with Crippen LogP contribution in [0.1, 0.15) is 0 Å². The molecule has 2 heterocycles. The first-order valence-corrected chi connectivity index (χ1v) is 16.7. The fourth-order valence-electron chi connectivity index (χ4n) is 7.36. The van der Waals surface area contributed by atoms with E-state index >= 15 is 0 Å². The van der Waals surface area contributed by atoms with Crippen LogP contribution in [0.4, 0.5) is 51.2 Å². The molecule has 5 heteroatoms. The molecular weight excluding hydrogens is 637 g/mol. The maximum atomic E-state index is 3.75. The van der Waals surface area contributed by atoms with Gasteiger partial charge in [-0.05, 0) is 95.3 Å². The van der Waals surface area contributed by atoms with E-state index in [-0.39, 0.29) is 6.71 Å². The Morgan fingerprint density at radius 3 is 1.40 bits per heavy atom. The SMILES string of the molecule is Brc1cccc(N(c2ccccc2)c2cc3c4c(c2)N(c2ccccc2)c2ccccc2B4c2ccccc2N3c2ccccc2)c1. The van der Waals surface area contributed by atoms with Crippen LogP contribution in [-0.4, -0.2) is 6.71 Å². The highest BCUT2D eigenvalue weighted by molar-refractivity contribution is 9.10. The van der Waals surface area contributed by atoms with Gasteiger partial charge in [0.2, 0.25) is 0 Å². The van der Waals surface area contributed by atoms with Crippen molar-refractivity contribution < 1.29 is 0 Å². The zero-order valence-electron chi connectivity index (χ0n) is 25.5. The Bertz CT molecular complexity index is 2130. The van der Waals surface area contributed by atoms with Gasteiger partial charge < -0.3 is 14.7 Å². The number of halogens is 1. The van der Waals surface area contributed by atoms with Crippen LogP contribution < -0.4 is 31.1 Å². The van der Waals surface area contributed by atoms with Crippen LogP contribution in [0.3, 0.4) is 0 Å². The topological polar surface area (TPSA) is 9.72 Å². The maximum Gasteiger partial charge on any atom is 0.252 e. The molecule has 3 nitrogen and oxygen atoms in total. The summed E-state index contributed by atoms with van der Waals surface area (Å²) in [6.45, 7) is 0.0809. The van der Waals surface area contributed by atoms with Crippen molar-refractivity contribution in [3.63, 3.8) is 0 Å². The van der Waals surface area contributed by atoms with E-state index in [2.05, 4.69) is 207 Å². The van der Waals surface area contributed by atoms with Crippen molar-refractivity contribution in [2.45, 2.75) is 0 Å². The molecule has 2 aliphatic heterocycles. The molecule has 0 N–H and O–H groups in total. The van der Waals surface area contributed by atoms with E-state index in [1.54, 1.807) is 0 Å². The standard InChI is InChI=1S/C42H29BBrN3/c44-30-15-14-22-34(27-30)45(31-16-4-1-5-17-31)35-28-40-42-41(29-35)47(33-20-8-3-9-21-33)39-26-13-11-24-37(39)43(42)36-23-10-12-25-38(36)46(40)32-18-6-2-7-19-32/h1-29H. The Morgan fingerprint density at radius 1 is 0.404 bits per heavy atom. The Morgan fingerprint density at radius 2 is 0.872 bits per heavy atom. The zero-order valence-corrected chi connectivity index (χ0v) is 27.1. The van der Waals surface area contributed by atoms with E-state index in [0.717, 1.165) is 32.9 Å². The van der Waals surface area contributed by atoms with Crippen molar-refractivity contribution >= 4 is 90.2 Å². The van der Waals surface area contributed by atoms with Crippen LogP contribution in [0, 0.1) is 0 Å². The van der Waals surface area contributed by atoms with Crippen molar-refractivity contribution in [1.82, 2.24) is 0 Å². The van der Waals surface area contributed by atoms with Crippen LogP contribution in [0.5, 0.6) is 0 Å². The van der Waals surface area contributed by atoms with E-state index in [4.69, 9.17) is 0 Å². The second-order valence-corrected chi connectivity index (χ2v) is 12.9. The molecule has 0 radical (unpaired) electrons. The Balaban J connectivity index is 1.41. The molecule has 0 saturated heterocycles. The quantitative estimate of drug-likeness (QED) is 0.169. The van der Waals surface area contributed by atoms with Crippen molar-refractivity contribution in [2.75, 3.05) is 14.7 Å². The molecule has 7 aromatic rings. The monoisotopic (exact) mass is 665 g/mol. The Labute approximate surface area is 284 Å². The summed E-state index contributed by atoms with van der Waals surface area (Å²) in [6, 6.07) is 63.4. The van der Waals surface area contributed by atoms with Gasteiger partial charge >= 0.3 is 0 Å². The number of hydrogen-bond donors (Lipinski definition) is 0. The molecule has 0 aromatic heterocycles. The lowest BCUT2D eigenvalue weighted by Gasteiger charge is -2.45. The molecular formula is C42H29BBrN3. The minimum Gasteiger partial charge on any atom is -0.311 e. The van der Waals surface area contributed by atoms with Crippen molar-refractivity contribution in [2.24, 2.45) is 0 Å². The van der Waals surface area contributed by atoms with Gasteiger partial charge in [-0.15, -0.1) is 0 Å². The predicted molar refractivity (Wildman–Crippen MR) is 203 cm³/mol. The highest BCUT2D eigenvalue weighted by Crippen LogP contribution is 2.47. The van der Waals surface area contributed by atoms with Gasteiger partial charge in [0.15, 0.2) is 0 Å². The molecule has 0 fully saturated rings. The third kappa shape index (κ3) is 4.57. The molecule has 0 unspecified atom stereocenters. The molecule has 0 amide bonds. The fraction of sp³-hybridized carbons (Fsp3) is 0. The lowest BCUT2D eigenvalue weighted by Crippen LogP contribution is -2.61. The average molecular weight is 666 g/mol.